The smallest absolute Gasteiger partial charge is 0.137 e. The highest BCUT2D eigenvalue weighted by atomic mass is 32.1. The van der Waals surface area contributed by atoms with Crippen LogP contribution in [0.3, 0.4) is 0 Å². The molecule has 3 nitrogen and oxygen atoms in total. The number of nitrogen functional groups attached to an aromatic ring is 1. The monoisotopic (exact) mass is 283 g/mol. The Morgan fingerprint density at radius 3 is 2.85 bits per heavy atom. The lowest BCUT2D eigenvalue weighted by atomic mass is 10.1. The van der Waals surface area contributed by atoms with Crippen molar-refractivity contribution in [2.75, 3.05) is 17.2 Å². The van der Waals surface area contributed by atoms with Crippen LogP contribution in [0.25, 0.3) is 10.1 Å². The Morgan fingerprint density at radius 2 is 2.05 bits per heavy atom. The van der Waals surface area contributed by atoms with Crippen LogP contribution in [0.15, 0.2) is 48.0 Å². The number of hydrogen-bond acceptors (Lipinski definition) is 4. The van der Waals surface area contributed by atoms with Gasteiger partial charge in [0.25, 0.3) is 0 Å². The Labute approximate surface area is 122 Å². The molecule has 0 saturated carbocycles. The summed E-state index contributed by atoms with van der Waals surface area (Å²) in [6.45, 7) is 3.83. The van der Waals surface area contributed by atoms with Crippen LogP contribution in [0.5, 0.6) is 0 Å². The predicted octanol–water partition coefficient (Wildman–Crippen LogP) is 3.91. The van der Waals surface area contributed by atoms with Gasteiger partial charge in [-0.3, -0.25) is 0 Å². The molecular formula is C16H17N3S. The maximum absolute atomic E-state index is 6.05. The quantitative estimate of drug-likeness (QED) is 0.738. The molecule has 0 spiro atoms. The second kappa shape index (κ2) is 5.51. The summed E-state index contributed by atoms with van der Waals surface area (Å²) < 4.78 is 1.27. The van der Waals surface area contributed by atoms with Crippen LogP contribution < -0.4 is 10.6 Å². The standard InChI is InChI=1S/C16H17N3S/c1-2-19(11-12-5-3-4-6-14(12)17)16-13-8-10-20-15(13)7-9-18-16/h3-10H,2,11,17H2,1H3. The van der Waals surface area contributed by atoms with Crippen molar-refractivity contribution in [3.8, 4) is 0 Å². The number of thiophene rings is 1. The average Bonchev–Trinajstić information content (AvgIpc) is 2.95. The van der Waals surface area contributed by atoms with Gasteiger partial charge >= 0.3 is 0 Å². The first-order chi connectivity index (χ1) is 9.79. The normalized spacial score (nSPS) is 10.8. The van der Waals surface area contributed by atoms with Gasteiger partial charge in [-0.25, -0.2) is 4.98 Å². The number of para-hydroxylation sites is 1. The first-order valence-corrected chi connectivity index (χ1v) is 7.58. The minimum Gasteiger partial charge on any atom is -0.398 e. The number of benzene rings is 1. The molecule has 4 heteroatoms. The van der Waals surface area contributed by atoms with Gasteiger partial charge in [-0.1, -0.05) is 18.2 Å². The molecule has 0 aliphatic rings. The fourth-order valence-corrected chi connectivity index (χ4v) is 3.13. The second-order valence-corrected chi connectivity index (χ2v) is 5.63. The molecule has 3 rings (SSSR count). The van der Waals surface area contributed by atoms with Crippen LogP contribution in [-0.2, 0) is 6.54 Å². The highest BCUT2D eigenvalue weighted by molar-refractivity contribution is 7.17. The van der Waals surface area contributed by atoms with Crippen LogP contribution in [0.2, 0.25) is 0 Å². The molecule has 2 heterocycles. The number of nitrogens with two attached hydrogens (primary N) is 1. The summed E-state index contributed by atoms with van der Waals surface area (Å²) in [7, 11) is 0. The number of rotatable bonds is 4. The van der Waals surface area contributed by atoms with Gasteiger partial charge in [-0.05, 0) is 36.1 Å². The van der Waals surface area contributed by atoms with Crippen molar-refractivity contribution >= 4 is 32.9 Å². The van der Waals surface area contributed by atoms with Crippen molar-refractivity contribution in [2.45, 2.75) is 13.5 Å². The van der Waals surface area contributed by atoms with E-state index in [2.05, 4.69) is 40.4 Å². The largest absolute Gasteiger partial charge is 0.398 e. The van der Waals surface area contributed by atoms with E-state index in [1.807, 2.05) is 24.4 Å². The zero-order valence-corrected chi connectivity index (χ0v) is 12.2. The van der Waals surface area contributed by atoms with E-state index in [0.29, 0.717) is 0 Å². The summed E-state index contributed by atoms with van der Waals surface area (Å²) in [4.78, 5) is 6.83. The van der Waals surface area contributed by atoms with Crippen LogP contribution in [0.4, 0.5) is 11.5 Å². The van der Waals surface area contributed by atoms with Gasteiger partial charge in [0.2, 0.25) is 0 Å². The van der Waals surface area contributed by atoms with Gasteiger partial charge in [-0.2, -0.15) is 0 Å². The first kappa shape index (κ1) is 12.9. The van der Waals surface area contributed by atoms with Crippen molar-refractivity contribution in [1.29, 1.82) is 0 Å². The van der Waals surface area contributed by atoms with E-state index in [4.69, 9.17) is 5.73 Å². The number of hydrogen-bond donors (Lipinski definition) is 1. The summed E-state index contributed by atoms with van der Waals surface area (Å²) in [6.07, 6.45) is 1.88. The van der Waals surface area contributed by atoms with Crippen molar-refractivity contribution in [2.24, 2.45) is 0 Å². The second-order valence-electron chi connectivity index (χ2n) is 4.68. The van der Waals surface area contributed by atoms with Crippen LogP contribution in [-0.4, -0.2) is 11.5 Å². The van der Waals surface area contributed by atoms with Gasteiger partial charge < -0.3 is 10.6 Å². The zero-order valence-electron chi connectivity index (χ0n) is 11.4. The lowest BCUT2D eigenvalue weighted by Gasteiger charge is -2.23. The third-order valence-corrected chi connectivity index (χ3v) is 4.34. The van der Waals surface area contributed by atoms with Gasteiger partial charge in [0, 0.05) is 35.1 Å². The van der Waals surface area contributed by atoms with Gasteiger partial charge in [0.15, 0.2) is 0 Å². The topological polar surface area (TPSA) is 42.1 Å². The lowest BCUT2D eigenvalue weighted by Crippen LogP contribution is -2.23. The molecule has 1 aromatic carbocycles. The SMILES string of the molecule is CCN(Cc1ccccc1N)c1nccc2sccc12. The molecule has 2 aromatic heterocycles. The minimum atomic E-state index is 0.783. The fraction of sp³-hybridized carbons (Fsp3) is 0.188. The van der Waals surface area contributed by atoms with E-state index < -0.39 is 0 Å². The summed E-state index contributed by atoms with van der Waals surface area (Å²) in [6, 6.07) is 12.2. The molecule has 0 radical (unpaired) electrons. The Kier molecular flexibility index (Phi) is 3.56. The third kappa shape index (κ3) is 2.34. The highest BCUT2D eigenvalue weighted by Crippen LogP contribution is 2.29. The molecule has 0 atom stereocenters. The first-order valence-electron chi connectivity index (χ1n) is 6.70. The van der Waals surface area contributed by atoms with Gasteiger partial charge in [-0.15, -0.1) is 11.3 Å². The molecule has 0 amide bonds. The maximum Gasteiger partial charge on any atom is 0.137 e. The van der Waals surface area contributed by atoms with Crippen LogP contribution in [0.1, 0.15) is 12.5 Å². The number of nitrogens with zero attached hydrogens (tertiary/aromatic N) is 2. The van der Waals surface area contributed by atoms with Crippen LogP contribution in [0, 0.1) is 0 Å². The van der Waals surface area contributed by atoms with Gasteiger partial charge in [0.1, 0.15) is 5.82 Å². The molecule has 20 heavy (non-hydrogen) atoms. The minimum absolute atomic E-state index is 0.783. The number of anilines is 2. The van der Waals surface area contributed by atoms with Crippen LogP contribution >= 0.6 is 11.3 Å². The number of pyridine rings is 1. The third-order valence-electron chi connectivity index (χ3n) is 3.46. The van der Waals surface area contributed by atoms with Crippen molar-refractivity contribution in [3.63, 3.8) is 0 Å². The van der Waals surface area contributed by atoms with E-state index >= 15 is 0 Å². The van der Waals surface area contributed by atoms with E-state index in [0.717, 1.165) is 30.2 Å². The molecule has 0 saturated heterocycles. The summed E-state index contributed by atoms with van der Waals surface area (Å²) in [5.74, 6) is 1.04. The molecule has 0 aliphatic carbocycles. The summed E-state index contributed by atoms with van der Waals surface area (Å²) in [5.41, 5.74) is 8.03. The summed E-state index contributed by atoms with van der Waals surface area (Å²) in [5, 5.41) is 3.33. The fourth-order valence-electron chi connectivity index (χ4n) is 2.35. The Balaban J connectivity index is 1.98. The van der Waals surface area contributed by atoms with Crippen molar-refractivity contribution in [1.82, 2.24) is 4.98 Å². The van der Waals surface area contributed by atoms with Crippen molar-refractivity contribution in [3.05, 3.63) is 53.5 Å². The molecule has 0 unspecified atom stereocenters. The number of aromatic nitrogens is 1. The van der Waals surface area contributed by atoms with E-state index in [1.165, 1.54) is 10.1 Å². The molecular weight excluding hydrogens is 266 g/mol. The molecule has 3 aromatic rings. The predicted molar refractivity (Wildman–Crippen MR) is 87.2 cm³/mol. The highest BCUT2D eigenvalue weighted by Gasteiger charge is 2.12. The Hall–Kier alpha value is -2.07. The van der Waals surface area contributed by atoms with E-state index in [-0.39, 0.29) is 0 Å². The molecule has 0 bridgehead atoms. The summed E-state index contributed by atoms with van der Waals surface area (Å²) >= 11 is 1.75. The van der Waals surface area contributed by atoms with Gasteiger partial charge in [0.05, 0.1) is 0 Å². The Morgan fingerprint density at radius 1 is 1.20 bits per heavy atom. The Bertz CT molecular complexity index is 720. The van der Waals surface area contributed by atoms with Crippen molar-refractivity contribution < 1.29 is 0 Å². The molecule has 0 fully saturated rings. The molecule has 2 N–H and O–H groups in total. The molecule has 102 valence electrons. The average molecular weight is 283 g/mol. The molecule has 0 aliphatic heterocycles. The lowest BCUT2D eigenvalue weighted by molar-refractivity contribution is 0.820. The van der Waals surface area contributed by atoms with E-state index in [9.17, 15) is 0 Å². The van der Waals surface area contributed by atoms with E-state index in [1.54, 1.807) is 11.3 Å². The number of fused-ring (bicyclic) bond motifs is 1. The zero-order chi connectivity index (χ0) is 13.9. The maximum atomic E-state index is 6.05.